The molecule has 0 aliphatic carbocycles. The first-order valence-corrected chi connectivity index (χ1v) is 8.27. The van der Waals surface area contributed by atoms with Crippen molar-refractivity contribution in [1.82, 2.24) is 9.97 Å². The van der Waals surface area contributed by atoms with Crippen LogP contribution in [0.2, 0.25) is 10.0 Å². The van der Waals surface area contributed by atoms with Crippen molar-refractivity contribution in [3.05, 3.63) is 64.3 Å². The lowest BCUT2D eigenvalue weighted by atomic mass is 10.2. The molecular weight excluding hydrogens is 359 g/mol. The van der Waals surface area contributed by atoms with Crippen molar-refractivity contribution in [2.45, 2.75) is 6.92 Å². The van der Waals surface area contributed by atoms with E-state index < -0.39 is 0 Å². The minimum atomic E-state index is 0.444. The zero-order valence-corrected chi connectivity index (χ0v) is 15.2. The maximum absolute atomic E-state index is 6.18. The van der Waals surface area contributed by atoms with Crippen LogP contribution in [0.3, 0.4) is 0 Å². The SMILES string of the molecule is COc1ccc(C)cc1Nc1nccc(Nc2ccc(Cl)cc2Cl)n1. The van der Waals surface area contributed by atoms with Gasteiger partial charge in [-0.15, -0.1) is 0 Å². The van der Waals surface area contributed by atoms with Crippen molar-refractivity contribution in [3.8, 4) is 5.75 Å². The minimum Gasteiger partial charge on any atom is -0.495 e. The third-order valence-corrected chi connectivity index (χ3v) is 4.00. The number of methoxy groups -OCH3 is 1. The van der Waals surface area contributed by atoms with Gasteiger partial charge >= 0.3 is 0 Å². The van der Waals surface area contributed by atoms with E-state index in [1.807, 2.05) is 25.1 Å². The van der Waals surface area contributed by atoms with E-state index >= 15 is 0 Å². The molecule has 5 nitrogen and oxygen atoms in total. The maximum Gasteiger partial charge on any atom is 0.229 e. The number of rotatable bonds is 5. The Labute approximate surface area is 156 Å². The molecular formula is C18H16Cl2N4O. The van der Waals surface area contributed by atoms with Crippen LogP contribution in [-0.2, 0) is 0 Å². The van der Waals surface area contributed by atoms with E-state index in [1.54, 1.807) is 37.6 Å². The molecule has 1 heterocycles. The summed E-state index contributed by atoms with van der Waals surface area (Å²) in [6.45, 7) is 2.01. The highest BCUT2D eigenvalue weighted by Crippen LogP contribution is 2.29. The van der Waals surface area contributed by atoms with E-state index in [9.17, 15) is 0 Å². The molecule has 2 N–H and O–H groups in total. The third kappa shape index (κ3) is 4.32. The minimum absolute atomic E-state index is 0.444. The van der Waals surface area contributed by atoms with Gasteiger partial charge in [0, 0.05) is 11.2 Å². The van der Waals surface area contributed by atoms with Crippen LogP contribution in [0.15, 0.2) is 48.7 Å². The fourth-order valence-corrected chi connectivity index (χ4v) is 2.71. The summed E-state index contributed by atoms with van der Waals surface area (Å²) < 4.78 is 5.36. The van der Waals surface area contributed by atoms with E-state index in [4.69, 9.17) is 27.9 Å². The van der Waals surface area contributed by atoms with Crippen LogP contribution in [0.25, 0.3) is 0 Å². The van der Waals surface area contributed by atoms with Crippen molar-refractivity contribution < 1.29 is 4.74 Å². The van der Waals surface area contributed by atoms with Crippen molar-refractivity contribution in [3.63, 3.8) is 0 Å². The molecule has 1 aromatic heterocycles. The second kappa shape index (κ2) is 7.59. The lowest BCUT2D eigenvalue weighted by molar-refractivity contribution is 0.416. The molecule has 0 saturated heterocycles. The van der Waals surface area contributed by atoms with Crippen LogP contribution in [0, 0.1) is 6.92 Å². The monoisotopic (exact) mass is 374 g/mol. The Kier molecular flexibility index (Phi) is 5.26. The molecule has 3 rings (SSSR count). The van der Waals surface area contributed by atoms with Crippen molar-refractivity contribution in [1.29, 1.82) is 0 Å². The van der Waals surface area contributed by atoms with Crippen LogP contribution in [0.5, 0.6) is 5.75 Å². The second-order valence-electron chi connectivity index (χ2n) is 5.34. The summed E-state index contributed by atoms with van der Waals surface area (Å²) in [5.41, 5.74) is 2.61. The van der Waals surface area contributed by atoms with Gasteiger partial charge in [0.1, 0.15) is 11.6 Å². The largest absolute Gasteiger partial charge is 0.495 e. The number of nitrogens with one attached hydrogen (secondary N) is 2. The highest BCUT2D eigenvalue weighted by atomic mass is 35.5. The summed E-state index contributed by atoms with van der Waals surface area (Å²) >= 11 is 12.1. The van der Waals surface area contributed by atoms with Crippen molar-refractivity contribution in [2.24, 2.45) is 0 Å². The van der Waals surface area contributed by atoms with Crippen molar-refractivity contribution >= 4 is 46.3 Å². The molecule has 3 aromatic rings. The van der Waals surface area contributed by atoms with Gasteiger partial charge in [-0.1, -0.05) is 29.3 Å². The van der Waals surface area contributed by atoms with E-state index in [1.165, 1.54) is 0 Å². The number of hydrogen-bond acceptors (Lipinski definition) is 5. The Bertz CT molecular complexity index is 902. The van der Waals surface area contributed by atoms with Crippen LogP contribution >= 0.6 is 23.2 Å². The molecule has 2 aromatic carbocycles. The van der Waals surface area contributed by atoms with Gasteiger partial charge in [-0.05, 0) is 48.9 Å². The lowest BCUT2D eigenvalue weighted by Crippen LogP contribution is -2.02. The van der Waals surface area contributed by atoms with Gasteiger partial charge in [0.2, 0.25) is 5.95 Å². The van der Waals surface area contributed by atoms with Gasteiger partial charge < -0.3 is 15.4 Å². The Balaban J connectivity index is 1.83. The Morgan fingerprint density at radius 1 is 0.960 bits per heavy atom. The Morgan fingerprint density at radius 2 is 1.80 bits per heavy atom. The molecule has 0 spiro atoms. The molecule has 0 amide bonds. The zero-order valence-electron chi connectivity index (χ0n) is 13.7. The highest BCUT2D eigenvalue weighted by molar-refractivity contribution is 6.36. The number of aryl methyl sites for hydroxylation is 1. The maximum atomic E-state index is 6.18. The Morgan fingerprint density at radius 3 is 2.56 bits per heavy atom. The molecule has 0 bridgehead atoms. The van der Waals surface area contributed by atoms with Gasteiger partial charge in [-0.2, -0.15) is 4.98 Å². The first-order valence-electron chi connectivity index (χ1n) is 7.52. The molecule has 0 aliphatic heterocycles. The smallest absolute Gasteiger partial charge is 0.229 e. The number of aromatic nitrogens is 2. The quantitative estimate of drug-likeness (QED) is 0.609. The summed E-state index contributed by atoms with van der Waals surface area (Å²) in [5, 5.41) is 7.42. The van der Waals surface area contributed by atoms with Gasteiger partial charge in [0.25, 0.3) is 0 Å². The standard InChI is InChI=1S/C18H16Cl2N4O/c1-11-3-6-16(25-2)15(9-11)23-18-21-8-7-17(24-18)22-14-5-4-12(19)10-13(14)20/h3-10H,1-2H3,(H2,21,22,23,24). The highest BCUT2D eigenvalue weighted by Gasteiger charge is 2.07. The van der Waals surface area contributed by atoms with Crippen LogP contribution < -0.4 is 15.4 Å². The first-order chi connectivity index (χ1) is 12.0. The van der Waals surface area contributed by atoms with Crippen LogP contribution in [0.4, 0.5) is 23.1 Å². The van der Waals surface area contributed by atoms with Crippen LogP contribution in [-0.4, -0.2) is 17.1 Å². The van der Waals surface area contributed by atoms with Gasteiger partial charge in [-0.25, -0.2) is 4.98 Å². The lowest BCUT2D eigenvalue weighted by Gasteiger charge is -2.12. The average molecular weight is 375 g/mol. The number of hydrogen-bond donors (Lipinski definition) is 2. The normalized spacial score (nSPS) is 10.4. The summed E-state index contributed by atoms with van der Waals surface area (Å²) in [6.07, 6.45) is 1.66. The zero-order chi connectivity index (χ0) is 17.8. The van der Waals surface area contributed by atoms with E-state index in [2.05, 4.69) is 20.6 Å². The molecule has 0 atom stereocenters. The van der Waals surface area contributed by atoms with E-state index in [0.29, 0.717) is 33.2 Å². The number of anilines is 4. The number of nitrogens with zero attached hydrogens (tertiary/aromatic N) is 2. The number of ether oxygens (including phenoxy) is 1. The van der Waals surface area contributed by atoms with E-state index in [0.717, 1.165) is 11.3 Å². The fraction of sp³-hybridized carbons (Fsp3) is 0.111. The predicted octanol–water partition coefficient (Wildman–Crippen LogP) is 5.59. The third-order valence-electron chi connectivity index (χ3n) is 3.45. The molecule has 0 fully saturated rings. The summed E-state index contributed by atoms with van der Waals surface area (Å²) in [4.78, 5) is 8.70. The fourth-order valence-electron chi connectivity index (χ4n) is 2.26. The topological polar surface area (TPSA) is 59.1 Å². The van der Waals surface area contributed by atoms with Gasteiger partial charge in [0.15, 0.2) is 0 Å². The summed E-state index contributed by atoms with van der Waals surface area (Å²) in [7, 11) is 1.62. The number of benzene rings is 2. The molecule has 128 valence electrons. The summed E-state index contributed by atoms with van der Waals surface area (Å²) in [5.74, 6) is 1.76. The molecule has 7 heteroatoms. The molecule has 0 aliphatic rings. The predicted molar refractivity (Wildman–Crippen MR) is 103 cm³/mol. The second-order valence-corrected chi connectivity index (χ2v) is 6.19. The molecule has 0 radical (unpaired) electrons. The van der Waals surface area contributed by atoms with Crippen LogP contribution in [0.1, 0.15) is 5.56 Å². The average Bonchev–Trinajstić information content (AvgIpc) is 2.58. The van der Waals surface area contributed by atoms with Gasteiger partial charge in [0.05, 0.1) is 23.5 Å². The molecule has 0 saturated carbocycles. The molecule has 0 unspecified atom stereocenters. The van der Waals surface area contributed by atoms with E-state index in [-0.39, 0.29) is 0 Å². The van der Waals surface area contributed by atoms with Crippen molar-refractivity contribution in [2.75, 3.05) is 17.7 Å². The number of halogens is 2. The Hall–Kier alpha value is -2.50. The molecule has 25 heavy (non-hydrogen) atoms. The van der Waals surface area contributed by atoms with Gasteiger partial charge in [-0.3, -0.25) is 0 Å². The summed E-state index contributed by atoms with van der Waals surface area (Å²) in [6, 6.07) is 12.8. The first kappa shape index (κ1) is 17.3.